The third kappa shape index (κ3) is 8.22. The van der Waals surface area contributed by atoms with Gasteiger partial charge in [-0.15, -0.1) is 0 Å². The van der Waals surface area contributed by atoms with Gasteiger partial charge in [-0.05, 0) is 75.7 Å². The van der Waals surface area contributed by atoms with Crippen LogP contribution in [0, 0.1) is 23.7 Å². The molecule has 3 aliphatic heterocycles. The minimum Gasteiger partial charge on any atom is -0.461 e. The van der Waals surface area contributed by atoms with E-state index in [0.29, 0.717) is 51.4 Å². The normalized spacial score (nSPS) is 35.4. The van der Waals surface area contributed by atoms with E-state index in [9.17, 15) is 29.4 Å². The quantitative estimate of drug-likeness (QED) is 0.360. The van der Waals surface area contributed by atoms with Crippen LogP contribution in [0.5, 0.6) is 0 Å². The minimum atomic E-state index is -2.40. The molecule has 0 aliphatic carbocycles. The molecule has 3 heterocycles. The highest BCUT2D eigenvalue weighted by Crippen LogP contribution is 2.38. The molecular formula is C36H53NO8. The largest absolute Gasteiger partial charge is 0.461 e. The molecule has 45 heavy (non-hydrogen) atoms. The Bertz CT molecular complexity index is 1170. The lowest BCUT2D eigenvalue weighted by molar-refractivity contribution is -0.274. The number of Topliss-reactive ketones (excluding diaryl/α,β-unsaturated/α-hetero) is 2. The minimum absolute atomic E-state index is 0.0478. The number of aliphatic hydroxyl groups is 2. The van der Waals surface area contributed by atoms with Gasteiger partial charge in [0.05, 0.1) is 12.2 Å². The molecule has 9 heteroatoms. The molecule has 1 aromatic carbocycles. The number of esters is 1. The fourth-order valence-corrected chi connectivity index (χ4v) is 7.36. The van der Waals surface area contributed by atoms with Crippen molar-refractivity contribution in [1.29, 1.82) is 0 Å². The number of cyclic esters (lactones) is 1. The van der Waals surface area contributed by atoms with Gasteiger partial charge in [-0.2, -0.15) is 0 Å². The van der Waals surface area contributed by atoms with Gasteiger partial charge in [0.1, 0.15) is 17.9 Å². The lowest BCUT2D eigenvalue weighted by Gasteiger charge is -2.44. The monoisotopic (exact) mass is 627 g/mol. The summed E-state index contributed by atoms with van der Waals surface area (Å²) >= 11 is 0. The SMILES string of the molecule is CC[C@H](Cc1ccccc1)[C@@H]1CCCCCC(=O)[C@@H](C)[C@H](O)[C@@H](C)[C@@H]2CC[C@@H](C)[C@@](O)(O2)C(=O)C(=O)N2CCCC[C@H]2C(=O)O1. The number of nitrogens with zero attached hydrogens (tertiary/aromatic N) is 1. The number of amides is 1. The summed E-state index contributed by atoms with van der Waals surface area (Å²) in [4.78, 5) is 55.8. The standard InChI is InChI=1S/C36H53NO8/c1-5-27(22-26-14-8-6-9-15-26)31-18-11-7-10-17-29(38)24(3)32(39)25(4)30-20-19-23(2)36(43,45-30)33(40)34(41)37-21-13-12-16-28(37)35(42)44-31/h6,8-9,14-15,23-25,27-28,30-32,39,43H,5,7,10-13,16-22H2,1-4H3/t23-,24-,25+,27-,28+,30+,31+,32+,36-/m1/s1. The predicted molar refractivity (Wildman–Crippen MR) is 169 cm³/mol. The van der Waals surface area contributed by atoms with E-state index in [1.807, 2.05) is 18.2 Å². The molecule has 2 bridgehead atoms. The molecule has 0 aromatic heterocycles. The van der Waals surface area contributed by atoms with Crippen molar-refractivity contribution in [2.24, 2.45) is 23.7 Å². The number of rotatable bonds is 4. The van der Waals surface area contributed by atoms with E-state index >= 15 is 0 Å². The van der Waals surface area contributed by atoms with Crippen molar-refractivity contribution in [2.45, 2.75) is 135 Å². The number of ketones is 2. The lowest BCUT2D eigenvalue weighted by atomic mass is 9.79. The average Bonchev–Trinajstić information content (AvgIpc) is 3.05. The summed E-state index contributed by atoms with van der Waals surface area (Å²) in [5, 5.41) is 22.8. The van der Waals surface area contributed by atoms with Crippen molar-refractivity contribution in [1.82, 2.24) is 4.90 Å². The van der Waals surface area contributed by atoms with Crippen LogP contribution in [0.25, 0.3) is 0 Å². The summed E-state index contributed by atoms with van der Waals surface area (Å²) in [6.45, 7) is 7.41. The number of piperidine rings is 1. The smallest absolute Gasteiger partial charge is 0.329 e. The second-order valence-electron chi connectivity index (χ2n) is 13.7. The first kappa shape index (κ1) is 35.2. The highest BCUT2D eigenvalue weighted by atomic mass is 16.6. The van der Waals surface area contributed by atoms with Crippen LogP contribution in [0.2, 0.25) is 0 Å². The Morgan fingerprint density at radius 1 is 0.933 bits per heavy atom. The molecule has 4 rings (SSSR count). The van der Waals surface area contributed by atoms with Gasteiger partial charge in [0, 0.05) is 30.7 Å². The third-order valence-electron chi connectivity index (χ3n) is 10.7. The summed E-state index contributed by atoms with van der Waals surface area (Å²) in [5.74, 6) is -6.85. The van der Waals surface area contributed by atoms with E-state index in [4.69, 9.17) is 9.47 Å². The van der Waals surface area contributed by atoms with Crippen molar-refractivity contribution in [2.75, 3.05) is 6.54 Å². The molecule has 0 unspecified atom stereocenters. The Morgan fingerprint density at radius 2 is 1.64 bits per heavy atom. The number of benzene rings is 1. The van der Waals surface area contributed by atoms with Crippen LogP contribution < -0.4 is 0 Å². The average molecular weight is 628 g/mol. The van der Waals surface area contributed by atoms with E-state index in [0.717, 1.165) is 31.2 Å². The van der Waals surface area contributed by atoms with Gasteiger partial charge in [-0.25, -0.2) is 4.79 Å². The van der Waals surface area contributed by atoms with E-state index < -0.39 is 65.6 Å². The fraction of sp³-hybridized carbons (Fsp3) is 0.722. The van der Waals surface area contributed by atoms with Gasteiger partial charge < -0.3 is 24.6 Å². The maximum atomic E-state index is 13.8. The van der Waals surface area contributed by atoms with Gasteiger partial charge in [-0.1, -0.05) is 64.4 Å². The van der Waals surface area contributed by atoms with Crippen LogP contribution >= 0.6 is 0 Å². The van der Waals surface area contributed by atoms with Crippen molar-refractivity contribution in [3.8, 4) is 0 Å². The van der Waals surface area contributed by atoms with Crippen LogP contribution in [0.4, 0.5) is 0 Å². The van der Waals surface area contributed by atoms with Crippen molar-refractivity contribution in [3.05, 3.63) is 35.9 Å². The summed E-state index contributed by atoms with van der Waals surface area (Å²) < 4.78 is 12.2. The van der Waals surface area contributed by atoms with Gasteiger partial charge in [0.25, 0.3) is 11.7 Å². The molecule has 1 aromatic rings. The Hall–Kier alpha value is -2.62. The Balaban J connectivity index is 1.64. The summed E-state index contributed by atoms with van der Waals surface area (Å²) in [6, 6.07) is 9.15. The molecule has 9 atom stereocenters. The van der Waals surface area contributed by atoms with Crippen LogP contribution in [0.1, 0.15) is 104 Å². The number of carbonyl (C=O) groups is 4. The Morgan fingerprint density at radius 3 is 2.36 bits per heavy atom. The molecule has 3 fully saturated rings. The zero-order valence-electron chi connectivity index (χ0n) is 27.5. The zero-order chi connectivity index (χ0) is 32.7. The molecule has 1 amide bonds. The van der Waals surface area contributed by atoms with Crippen molar-refractivity contribution < 1.29 is 38.9 Å². The van der Waals surface area contributed by atoms with E-state index in [1.165, 1.54) is 4.90 Å². The summed E-state index contributed by atoms with van der Waals surface area (Å²) in [5.41, 5.74) is 1.15. The van der Waals surface area contributed by atoms with Crippen molar-refractivity contribution >= 4 is 23.4 Å². The number of aliphatic hydroxyl groups excluding tert-OH is 1. The second-order valence-corrected chi connectivity index (χ2v) is 13.7. The first-order valence-corrected chi connectivity index (χ1v) is 17.2. The predicted octanol–water partition coefficient (Wildman–Crippen LogP) is 4.79. The Labute approximate surface area is 268 Å². The molecule has 250 valence electrons. The first-order chi connectivity index (χ1) is 21.5. The van der Waals surface area contributed by atoms with Gasteiger partial charge in [0.15, 0.2) is 0 Å². The number of ether oxygens (including phenoxy) is 2. The zero-order valence-corrected chi connectivity index (χ0v) is 27.5. The molecule has 9 nitrogen and oxygen atoms in total. The van der Waals surface area contributed by atoms with Crippen LogP contribution in [0.3, 0.4) is 0 Å². The Kier molecular flexibility index (Phi) is 12.4. The topological polar surface area (TPSA) is 130 Å². The molecule has 0 radical (unpaired) electrons. The molecule has 0 spiro atoms. The number of hydrogen-bond acceptors (Lipinski definition) is 8. The van der Waals surface area contributed by atoms with E-state index in [1.54, 1.807) is 20.8 Å². The summed E-state index contributed by atoms with van der Waals surface area (Å²) in [7, 11) is 0. The number of carbonyl (C=O) groups excluding carboxylic acids is 4. The summed E-state index contributed by atoms with van der Waals surface area (Å²) in [6.07, 6.45) is 5.08. The highest BCUT2D eigenvalue weighted by molar-refractivity contribution is 6.39. The molecular weight excluding hydrogens is 574 g/mol. The number of hydrogen-bond donors (Lipinski definition) is 2. The second kappa shape index (κ2) is 15.8. The molecule has 3 saturated heterocycles. The van der Waals surface area contributed by atoms with Gasteiger partial charge in [-0.3, -0.25) is 14.4 Å². The van der Waals surface area contributed by atoms with E-state index in [2.05, 4.69) is 19.1 Å². The van der Waals surface area contributed by atoms with Crippen LogP contribution in [-0.2, 0) is 35.1 Å². The molecule has 2 N–H and O–H groups in total. The number of fused-ring (bicyclic) bond motifs is 3. The van der Waals surface area contributed by atoms with Crippen LogP contribution in [-0.4, -0.2) is 75.2 Å². The molecule has 0 saturated carbocycles. The highest BCUT2D eigenvalue weighted by Gasteiger charge is 2.54. The maximum absolute atomic E-state index is 13.8. The lowest BCUT2D eigenvalue weighted by Crippen LogP contribution is -2.61. The molecule has 3 aliphatic rings. The maximum Gasteiger partial charge on any atom is 0.329 e. The van der Waals surface area contributed by atoms with Gasteiger partial charge >= 0.3 is 5.97 Å². The third-order valence-corrected chi connectivity index (χ3v) is 10.7. The van der Waals surface area contributed by atoms with Gasteiger partial charge in [0.2, 0.25) is 5.79 Å². The first-order valence-electron chi connectivity index (χ1n) is 17.2. The van der Waals surface area contributed by atoms with Crippen molar-refractivity contribution in [3.63, 3.8) is 0 Å². The van der Waals surface area contributed by atoms with Crippen LogP contribution in [0.15, 0.2) is 30.3 Å². The van der Waals surface area contributed by atoms with E-state index in [-0.39, 0.29) is 18.2 Å². The fourth-order valence-electron chi connectivity index (χ4n) is 7.36.